The maximum Gasteiger partial charge on any atom is 0.371 e. The first-order chi connectivity index (χ1) is 24.7. The number of aliphatic hydroxyl groups excluding tert-OH is 1. The number of aliphatic hydroxyl groups is 1. The Balaban J connectivity index is 0.000000803. The lowest BCUT2D eigenvalue weighted by molar-refractivity contribution is -0.148. The van der Waals surface area contributed by atoms with E-state index >= 15 is 0 Å². The summed E-state index contributed by atoms with van der Waals surface area (Å²) in [5.74, 6) is -2.23. The zero-order valence-corrected chi connectivity index (χ0v) is 30.9. The molecule has 2 aliphatic heterocycles. The molecule has 16 heteroatoms. The van der Waals surface area contributed by atoms with E-state index in [1.807, 2.05) is 22.4 Å². The van der Waals surface area contributed by atoms with E-state index in [0.29, 0.717) is 72.2 Å². The number of Topliss-reactive ketones (excluding diaryl/α,β-unsaturated/α-hetero) is 1. The summed E-state index contributed by atoms with van der Waals surface area (Å²) in [6.07, 6.45) is 1.20. The number of aromatic amines is 1. The van der Waals surface area contributed by atoms with Crippen molar-refractivity contribution < 1.29 is 38.8 Å². The zero-order valence-electron chi connectivity index (χ0n) is 29.3. The molecule has 1 spiro atoms. The average molecular weight is 758 g/mol. The molecule has 4 heterocycles. The number of carboxylic acid groups (broad SMARTS) is 1. The van der Waals surface area contributed by atoms with Crippen LogP contribution in [0.25, 0.3) is 10.2 Å². The van der Waals surface area contributed by atoms with Gasteiger partial charge in [-0.2, -0.15) is 0 Å². The van der Waals surface area contributed by atoms with Crippen molar-refractivity contribution in [3.8, 4) is 5.75 Å². The van der Waals surface area contributed by atoms with Crippen LogP contribution in [0.1, 0.15) is 77.8 Å². The molecule has 280 valence electrons. The summed E-state index contributed by atoms with van der Waals surface area (Å²) >= 11 is 2.48. The molecule has 0 saturated carbocycles. The minimum atomic E-state index is -1.38. The summed E-state index contributed by atoms with van der Waals surface area (Å²) in [7, 11) is 0. The smallest absolute Gasteiger partial charge is 0.371 e. The third-order valence-electron chi connectivity index (χ3n) is 9.21. The monoisotopic (exact) mass is 757 g/mol. The number of rotatable bonds is 11. The van der Waals surface area contributed by atoms with Crippen LogP contribution in [0.2, 0.25) is 0 Å². The lowest BCUT2D eigenvalue weighted by atomic mass is 9.89. The van der Waals surface area contributed by atoms with E-state index in [1.165, 1.54) is 23.5 Å². The van der Waals surface area contributed by atoms with Gasteiger partial charge in [-0.05, 0) is 49.1 Å². The summed E-state index contributed by atoms with van der Waals surface area (Å²) in [5.41, 5.74) is 2.69. The van der Waals surface area contributed by atoms with Crippen LogP contribution in [-0.4, -0.2) is 104 Å². The van der Waals surface area contributed by atoms with E-state index in [-0.39, 0.29) is 34.5 Å². The molecular weight excluding hydrogens is 714 g/mol. The number of carbonyl (C=O) groups is 3. The standard InChI is InChI=1S/C33H40FN5O5S2.C3H4O3/c1-20(2)30-36-25(18-45-30)31(42)39-13-14-44-33(19-39)8-11-38(12-9-33)17-21-3-5-24(34)22(15-21)7-10-35-16-27(41)23-4-6-26(40)28-29(23)46-32(43)37-28;1-2(4)3(5)6/h3-6,15,18,20,27,35,40-41H,7-14,16-17,19H2,1-2H3,(H,37,43);1H3,(H,5,6)/t27-;/m0./s1. The van der Waals surface area contributed by atoms with Crippen LogP contribution in [0.5, 0.6) is 5.75 Å². The highest BCUT2D eigenvalue weighted by Crippen LogP contribution is 2.33. The number of morpholine rings is 1. The number of piperidine rings is 1. The molecule has 52 heavy (non-hydrogen) atoms. The lowest BCUT2D eigenvalue weighted by Crippen LogP contribution is -2.58. The summed E-state index contributed by atoms with van der Waals surface area (Å²) in [6.45, 7) is 9.85. The van der Waals surface area contributed by atoms with Crippen molar-refractivity contribution in [2.75, 3.05) is 45.9 Å². The number of ketones is 1. The number of phenolic OH excluding ortho intramolecular Hbond substituents is 1. The van der Waals surface area contributed by atoms with Crippen molar-refractivity contribution in [2.45, 2.75) is 64.2 Å². The number of aromatic nitrogens is 2. The molecule has 0 bridgehead atoms. The molecule has 0 unspecified atom stereocenters. The predicted molar refractivity (Wildman–Crippen MR) is 196 cm³/mol. The molecule has 5 N–H and O–H groups in total. The van der Waals surface area contributed by atoms with E-state index in [1.54, 1.807) is 6.07 Å². The number of thiazole rings is 2. The Bertz CT molecular complexity index is 1940. The lowest BCUT2D eigenvalue weighted by Gasteiger charge is -2.47. The second-order valence-electron chi connectivity index (χ2n) is 13.4. The number of H-pyrrole nitrogens is 1. The number of halogens is 1. The van der Waals surface area contributed by atoms with Crippen LogP contribution in [0.3, 0.4) is 0 Å². The minimum Gasteiger partial charge on any atom is -0.506 e. The molecule has 2 aromatic carbocycles. The van der Waals surface area contributed by atoms with Crippen LogP contribution in [-0.2, 0) is 27.3 Å². The Morgan fingerprint density at radius 2 is 1.88 bits per heavy atom. The van der Waals surface area contributed by atoms with Gasteiger partial charge in [0.25, 0.3) is 5.91 Å². The number of hydrogen-bond acceptors (Lipinski definition) is 12. The highest BCUT2D eigenvalue weighted by atomic mass is 32.1. The minimum absolute atomic E-state index is 0.0206. The van der Waals surface area contributed by atoms with Gasteiger partial charge in [-0.25, -0.2) is 14.2 Å². The normalized spacial score (nSPS) is 16.5. The first-order valence-corrected chi connectivity index (χ1v) is 18.8. The van der Waals surface area contributed by atoms with Crippen molar-refractivity contribution in [3.05, 3.63) is 78.6 Å². The number of hydrogen-bond donors (Lipinski definition) is 5. The number of benzene rings is 2. The molecule has 6 rings (SSSR count). The van der Waals surface area contributed by atoms with Gasteiger partial charge in [-0.15, -0.1) is 11.3 Å². The van der Waals surface area contributed by atoms with Gasteiger partial charge in [0.2, 0.25) is 5.78 Å². The molecule has 2 aliphatic rings. The summed E-state index contributed by atoms with van der Waals surface area (Å²) in [6, 6.07) is 8.32. The zero-order chi connectivity index (χ0) is 37.6. The fraction of sp³-hybridized carbons (Fsp3) is 0.472. The number of nitrogens with one attached hydrogen (secondary N) is 2. The van der Waals surface area contributed by atoms with Gasteiger partial charge < -0.3 is 35.3 Å². The average Bonchev–Trinajstić information content (AvgIpc) is 3.77. The van der Waals surface area contributed by atoms with Crippen molar-refractivity contribution >= 4 is 50.5 Å². The number of ether oxygens (including phenoxy) is 1. The highest BCUT2D eigenvalue weighted by Gasteiger charge is 2.41. The quantitative estimate of drug-likeness (QED) is 0.110. The third-order valence-corrected chi connectivity index (χ3v) is 11.3. The molecule has 0 radical (unpaired) electrons. The number of likely N-dealkylation sites (tertiary alicyclic amines) is 1. The van der Waals surface area contributed by atoms with E-state index < -0.39 is 17.9 Å². The summed E-state index contributed by atoms with van der Waals surface area (Å²) in [4.78, 5) is 55.0. The Morgan fingerprint density at radius 3 is 2.56 bits per heavy atom. The number of aliphatic carboxylic acids is 1. The molecule has 13 nitrogen and oxygen atoms in total. The van der Waals surface area contributed by atoms with Gasteiger partial charge in [0.05, 0.1) is 34.6 Å². The summed E-state index contributed by atoms with van der Waals surface area (Å²) < 4.78 is 21.5. The van der Waals surface area contributed by atoms with Crippen LogP contribution in [0.4, 0.5) is 4.39 Å². The maximum absolute atomic E-state index is 14.7. The maximum atomic E-state index is 14.7. The number of phenols is 1. The van der Waals surface area contributed by atoms with Gasteiger partial charge in [0, 0.05) is 56.5 Å². The fourth-order valence-corrected chi connectivity index (χ4v) is 8.03. The van der Waals surface area contributed by atoms with Gasteiger partial charge in [-0.1, -0.05) is 43.4 Å². The molecule has 4 aromatic rings. The van der Waals surface area contributed by atoms with E-state index in [2.05, 4.69) is 34.0 Å². The van der Waals surface area contributed by atoms with E-state index in [9.17, 15) is 33.8 Å². The Labute approximate surface area is 308 Å². The summed E-state index contributed by atoms with van der Waals surface area (Å²) in [5, 5.41) is 34.4. The van der Waals surface area contributed by atoms with Crippen molar-refractivity contribution in [2.24, 2.45) is 0 Å². The number of nitrogens with zero attached hydrogens (tertiary/aromatic N) is 3. The number of fused-ring (bicyclic) bond motifs is 1. The molecule has 2 aromatic heterocycles. The van der Waals surface area contributed by atoms with Crippen LogP contribution >= 0.6 is 22.7 Å². The molecule has 1 amide bonds. The number of aromatic hydroxyl groups is 1. The van der Waals surface area contributed by atoms with E-state index in [0.717, 1.165) is 54.8 Å². The van der Waals surface area contributed by atoms with Crippen molar-refractivity contribution in [1.82, 2.24) is 25.1 Å². The number of carbonyl (C=O) groups excluding carboxylic acids is 2. The topological polar surface area (TPSA) is 185 Å². The second kappa shape index (κ2) is 17.2. The molecule has 0 aliphatic carbocycles. The fourth-order valence-electron chi connectivity index (χ4n) is 6.30. The Hall–Kier alpha value is -4.06. The number of carboxylic acids is 1. The van der Waals surface area contributed by atoms with E-state index in [4.69, 9.17) is 9.84 Å². The molecule has 2 saturated heterocycles. The molecule has 2 fully saturated rings. The molecular formula is C36H44FN5O8S2. The number of amides is 1. The largest absolute Gasteiger partial charge is 0.506 e. The van der Waals surface area contributed by atoms with Gasteiger partial charge >= 0.3 is 10.8 Å². The predicted octanol–water partition coefficient (Wildman–Crippen LogP) is 4.05. The van der Waals surface area contributed by atoms with Gasteiger partial charge in [0.1, 0.15) is 22.8 Å². The third kappa shape index (κ3) is 9.67. The van der Waals surface area contributed by atoms with Crippen LogP contribution in [0.15, 0.2) is 40.5 Å². The van der Waals surface area contributed by atoms with Crippen LogP contribution in [0, 0.1) is 5.82 Å². The first kappa shape index (κ1) is 39.2. The van der Waals surface area contributed by atoms with Crippen molar-refractivity contribution in [3.63, 3.8) is 0 Å². The van der Waals surface area contributed by atoms with Gasteiger partial charge in [-0.3, -0.25) is 19.3 Å². The molecule has 1 atom stereocenters. The SMILES string of the molecule is CC(=O)C(=O)O.CC(C)c1nc(C(=O)N2CCOC3(CCN(Cc4ccc(F)c(CCNC[C@H](O)c5ccc(O)c6[nH]c(=O)sc56)c4)CC3)C2)cs1. The van der Waals surface area contributed by atoms with Gasteiger partial charge in [0.15, 0.2) is 0 Å². The highest BCUT2D eigenvalue weighted by molar-refractivity contribution is 7.16. The Kier molecular flexibility index (Phi) is 12.9. The van der Waals surface area contributed by atoms with Crippen molar-refractivity contribution in [1.29, 1.82) is 0 Å². The second-order valence-corrected chi connectivity index (χ2v) is 15.3. The Morgan fingerprint density at radius 1 is 1.15 bits per heavy atom. The first-order valence-electron chi connectivity index (χ1n) is 17.1. The van der Waals surface area contributed by atoms with Crippen LogP contribution < -0.4 is 10.2 Å².